The summed E-state index contributed by atoms with van der Waals surface area (Å²) in [5.74, 6) is 2.76. The minimum Gasteiger partial charge on any atom is -0.303 e. The maximum Gasteiger partial charge on any atom is 0.00925 e. The van der Waals surface area contributed by atoms with Gasteiger partial charge in [-0.2, -0.15) is 0 Å². The van der Waals surface area contributed by atoms with Crippen molar-refractivity contribution < 1.29 is 0 Å². The summed E-state index contributed by atoms with van der Waals surface area (Å²) in [5, 5.41) is 0. The third kappa shape index (κ3) is 5.42. The van der Waals surface area contributed by atoms with E-state index in [4.69, 9.17) is 0 Å². The summed E-state index contributed by atoms with van der Waals surface area (Å²) in [6, 6.07) is 0.868. The van der Waals surface area contributed by atoms with Gasteiger partial charge in [0.15, 0.2) is 0 Å². The molecule has 1 aliphatic carbocycles. The SMILES string of the molecule is CCC(C)CN(C)C1CCC(CC(C)C)CC1. The van der Waals surface area contributed by atoms with Gasteiger partial charge in [0.2, 0.25) is 0 Å². The van der Waals surface area contributed by atoms with Crippen LogP contribution < -0.4 is 0 Å². The zero-order chi connectivity index (χ0) is 12.8. The first-order chi connectivity index (χ1) is 8.02. The second kappa shape index (κ2) is 7.41. The molecular weight excluding hydrogens is 206 g/mol. The van der Waals surface area contributed by atoms with E-state index in [9.17, 15) is 0 Å². The van der Waals surface area contributed by atoms with Crippen LogP contribution in [0.4, 0.5) is 0 Å². The zero-order valence-corrected chi connectivity index (χ0v) is 12.7. The average molecular weight is 239 g/mol. The fourth-order valence-electron chi connectivity index (χ4n) is 3.26. The molecule has 102 valence electrons. The predicted molar refractivity (Wildman–Crippen MR) is 77.3 cm³/mol. The van der Waals surface area contributed by atoms with Crippen molar-refractivity contribution in [2.75, 3.05) is 13.6 Å². The van der Waals surface area contributed by atoms with Crippen LogP contribution in [-0.2, 0) is 0 Å². The highest BCUT2D eigenvalue weighted by molar-refractivity contribution is 4.79. The Balaban J connectivity index is 2.26. The fraction of sp³-hybridized carbons (Fsp3) is 1.00. The van der Waals surface area contributed by atoms with E-state index in [1.54, 1.807) is 0 Å². The Hall–Kier alpha value is -0.0400. The van der Waals surface area contributed by atoms with E-state index in [1.807, 2.05) is 0 Å². The average Bonchev–Trinajstić information content (AvgIpc) is 2.28. The van der Waals surface area contributed by atoms with Gasteiger partial charge in [0.25, 0.3) is 0 Å². The molecule has 0 spiro atoms. The van der Waals surface area contributed by atoms with Crippen LogP contribution in [0.2, 0.25) is 0 Å². The van der Waals surface area contributed by atoms with Gasteiger partial charge < -0.3 is 4.90 Å². The molecule has 0 aromatic rings. The summed E-state index contributed by atoms with van der Waals surface area (Å²) in [4.78, 5) is 2.62. The second-order valence-corrected chi connectivity index (χ2v) is 6.76. The van der Waals surface area contributed by atoms with Crippen molar-refractivity contribution in [3.8, 4) is 0 Å². The lowest BCUT2D eigenvalue weighted by atomic mass is 9.81. The van der Waals surface area contributed by atoms with Gasteiger partial charge in [-0.25, -0.2) is 0 Å². The van der Waals surface area contributed by atoms with Crippen molar-refractivity contribution in [2.45, 2.75) is 72.3 Å². The van der Waals surface area contributed by atoms with Crippen LogP contribution in [0.1, 0.15) is 66.2 Å². The smallest absolute Gasteiger partial charge is 0.00925 e. The van der Waals surface area contributed by atoms with Gasteiger partial charge >= 0.3 is 0 Å². The van der Waals surface area contributed by atoms with E-state index in [0.29, 0.717) is 0 Å². The van der Waals surface area contributed by atoms with Crippen LogP contribution in [0.25, 0.3) is 0 Å². The van der Waals surface area contributed by atoms with Crippen molar-refractivity contribution in [3.05, 3.63) is 0 Å². The Morgan fingerprint density at radius 2 is 1.65 bits per heavy atom. The molecule has 0 aromatic carbocycles. The van der Waals surface area contributed by atoms with E-state index in [1.165, 1.54) is 45.1 Å². The fourth-order valence-corrected chi connectivity index (χ4v) is 3.26. The quantitative estimate of drug-likeness (QED) is 0.656. The first-order valence-electron chi connectivity index (χ1n) is 7.73. The molecule has 0 saturated heterocycles. The standard InChI is InChI=1S/C16H33N/c1-6-14(4)12-17(5)16-9-7-15(8-10-16)11-13(2)3/h13-16H,6-12H2,1-5H3. The van der Waals surface area contributed by atoms with Crippen LogP contribution >= 0.6 is 0 Å². The maximum atomic E-state index is 2.62. The van der Waals surface area contributed by atoms with E-state index >= 15 is 0 Å². The summed E-state index contributed by atoms with van der Waals surface area (Å²) in [6.07, 6.45) is 8.56. The lowest BCUT2D eigenvalue weighted by Crippen LogP contribution is -2.37. The molecule has 0 bridgehead atoms. The molecule has 1 saturated carbocycles. The highest BCUT2D eigenvalue weighted by Gasteiger charge is 2.24. The Labute approximate surface area is 109 Å². The summed E-state index contributed by atoms with van der Waals surface area (Å²) in [7, 11) is 2.33. The van der Waals surface area contributed by atoms with E-state index in [0.717, 1.165) is 23.8 Å². The lowest BCUT2D eigenvalue weighted by molar-refractivity contribution is 0.141. The number of rotatable bonds is 6. The number of hydrogen-bond donors (Lipinski definition) is 0. The van der Waals surface area contributed by atoms with Crippen LogP contribution in [0, 0.1) is 17.8 Å². The van der Waals surface area contributed by atoms with Crippen molar-refractivity contribution >= 4 is 0 Å². The third-order valence-corrected chi connectivity index (χ3v) is 4.54. The molecule has 0 radical (unpaired) electrons. The Kier molecular flexibility index (Phi) is 6.54. The molecule has 0 heterocycles. The molecule has 0 N–H and O–H groups in total. The van der Waals surface area contributed by atoms with Gasteiger partial charge in [-0.3, -0.25) is 0 Å². The third-order valence-electron chi connectivity index (χ3n) is 4.54. The van der Waals surface area contributed by atoms with Crippen LogP contribution in [0.5, 0.6) is 0 Å². The van der Waals surface area contributed by atoms with Crippen molar-refractivity contribution in [2.24, 2.45) is 17.8 Å². The predicted octanol–water partition coefficient (Wildman–Crippen LogP) is 4.57. The van der Waals surface area contributed by atoms with Crippen LogP contribution in [-0.4, -0.2) is 24.5 Å². The molecule has 17 heavy (non-hydrogen) atoms. The normalized spacial score (nSPS) is 27.7. The van der Waals surface area contributed by atoms with Gasteiger partial charge in [-0.1, -0.05) is 34.1 Å². The monoisotopic (exact) mass is 239 g/mol. The van der Waals surface area contributed by atoms with Gasteiger partial charge in [0, 0.05) is 12.6 Å². The minimum atomic E-state index is 0.855. The maximum absolute atomic E-state index is 2.62. The van der Waals surface area contributed by atoms with Crippen molar-refractivity contribution in [1.29, 1.82) is 0 Å². The van der Waals surface area contributed by atoms with E-state index in [-0.39, 0.29) is 0 Å². The highest BCUT2D eigenvalue weighted by Crippen LogP contribution is 2.31. The Morgan fingerprint density at radius 3 is 2.12 bits per heavy atom. The molecule has 0 aromatic heterocycles. The minimum absolute atomic E-state index is 0.855. The molecule has 1 heteroatoms. The van der Waals surface area contributed by atoms with Gasteiger partial charge in [0.05, 0.1) is 0 Å². The Morgan fingerprint density at radius 1 is 1.06 bits per heavy atom. The van der Waals surface area contributed by atoms with E-state index < -0.39 is 0 Å². The lowest BCUT2D eigenvalue weighted by Gasteiger charge is -2.36. The summed E-state index contributed by atoms with van der Waals surface area (Å²) in [6.45, 7) is 10.7. The molecule has 0 aliphatic heterocycles. The van der Waals surface area contributed by atoms with Crippen LogP contribution in [0.15, 0.2) is 0 Å². The van der Waals surface area contributed by atoms with Crippen molar-refractivity contribution in [1.82, 2.24) is 4.90 Å². The number of nitrogens with zero attached hydrogens (tertiary/aromatic N) is 1. The molecule has 1 rings (SSSR count). The van der Waals surface area contributed by atoms with Gasteiger partial charge in [-0.05, 0) is 56.9 Å². The topological polar surface area (TPSA) is 3.24 Å². The first kappa shape index (κ1) is 15.0. The van der Waals surface area contributed by atoms with Crippen molar-refractivity contribution in [3.63, 3.8) is 0 Å². The summed E-state index contributed by atoms with van der Waals surface area (Å²) in [5.41, 5.74) is 0. The summed E-state index contributed by atoms with van der Waals surface area (Å²) < 4.78 is 0. The second-order valence-electron chi connectivity index (χ2n) is 6.76. The highest BCUT2D eigenvalue weighted by atomic mass is 15.1. The van der Waals surface area contributed by atoms with Crippen LogP contribution in [0.3, 0.4) is 0 Å². The molecule has 0 amide bonds. The molecule has 1 aliphatic rings. The van der Waals surface area contributed by atoms with E-state index in [2.05, 4.69) is 39.6 Å². The molecule has 1 atom stereocenters. The molecule has 1 fully saturated rings. The summed E-state index contributed by atoms with van der Waals surface area (Å²) >= 11 is 0. The molecular formula is C16H33N. The zero-order valence-electron chi connectivity index (χ0n) is 12.7. The number of hydrogen-bond acceptors (Lipinski definition) is 1. The largest absolute Gasteiger partial charge is 0.303 e. The first-order valence-corrected chi connectivity index (χ1v) is 7.73. The molecule has 1 unspecified atom stereocenters. The van der Waals surface area contributed by atoms with Gasteiger partial charge in [-0.15, -0.1) is 0 Å². The van der Waals surface area contributed by atoms with Gasteiger partial charge in [0.1, 0.15) is 0 Å². The Bertz CT molecular complexity index is 192. The molecule has 1 nitrogen and oxygen atoms in total.